The van der Waals surface area contributed by atoms with E-state index in [1.54, 1.807) is 0 Å². The minimum absolute atomic E-state index is 0.103. The van der Waals surface area contributed by atoms with Gasteiger partial charge in [0.05, 0.1) is 0 Å². The van der Waals surface area contributed by atoms with E-state index in [4.69, 9.17) is 5.73 Å². The van der Waals surface area contributed by atoms with Crippen LogP contribution in [0.5, 0.6) is 0 Å². The van der Waals surface area contributed by atoms with E-state index in [1.807, 2.05) is 4.90 Å². The van der Waals surface area contributed by atoms with Gasteiger partial charge < -0.3 is 16.0 Å². The van der Waals surface area contributed by atoms with Gasteiger partial charge in [-0.05, 0) is 25.2 Å². The minimum Gasteiger partial charge on any atom is -0.335 e. The molecule has 3 N–H and O–H groups in total. The molecule has 14 heavy (non-hydrogen) atoms. The summed E-state index contributed by atoms with van der Waals surface area (Å²) < 4.78 is 0. The molecule has 2 fully saturated rings. The van der Waals surface area contributed by atoms with Crippen LogP contribution in [0.15, 0.2) is 0 Å². The molecule has 1 aliphatic heterocycles. The number of urea groups is 1. The van der Waals surface area contributed by atoms with Crippen LogP contribution in [0, 0.1) is 5.92 Å². The van der Waals surface area contributed by atoms with Gasteiger partial charge in [0.15, 0.2) is 0 Å². The highest BCUT2D eigenvalue weighted by Gasteiger charge is 2.29. The first-order valence-electron chi connectivity index (χ1n) is 5.48. The van der Waals surface area contributed by atoms with Crippen LogP contribution < -0.4 is 11.1 Å². The predicted octanol–water partition coefficient (Wildman–Crippen LogP) is 0.527. The van der Waals surface area contributed by atoms with Crippen LogP contribution in [-0.4, -0.2) is 36.1 Å². The van der Waals surface area contributed by atoms with Crippen LogP contribution >= 0.6 is 0 Å². The first-order chi connectivity index (χ1) is 6.66. The van der Waals surface area contributed by atoms with Gasteiger partial charge in [0.2, 0.25) is 0 Å². The Hall–Kier alpha value is -0.770. The molecule has 1 saturated heterocycles. The molecule has 1 saturated carbocycles. The molecule has 0 aromatic rings. The Morgan fingerprint density at radius 2 is 2.14 bits per heavy atom. The second-order valence-electron chi connectivity index (χ2n) is 4.60. The van der Waals surface area contributed by atoms with Crippen molar-refractivity contribution in [1.82, 2.24) is 10.2 Å². The van der Waals surface area contributed by atoms with Crippen molar-refractivity contribution in [2.75, 3.05) is 13.1 Å². The van der Waals surface area contributed by atoms with Gasteiger partial charge >= 0.3 is 6.03 Å². The zero-order valence-electron chi connectivity index (χ0n) is 8.70. The molecule has 2 rings (SSSR count). The highest BCUT2D eigenvalue weighted by Crippen LogP contribution is 2.20. The molecule has 2 atom stereocenters. The lowest BCUT2D eigenvalue weighted by Crippen LogP contribution is -2.51. The molecular formula is C10H19N3O. The average Bonchev–Trinajstić information content (AvgIpc) is 2.93. The van der Waals surface area contributed by atoms with Crippen molar-refractivity contribution in [3.8, 4) is 0 Å². The Balaban J connectivity index is 1.82. The average molecular weight is 197 g/mol. The lowest BCUT2D eigenvalue weighted by molar-refractivity contribution is 0.160. The highest BCUT2D eigenvalue weighted by molar-refractivity contribution is 5.75. The summed E-state index contributed by atoms with van der Waals surface area (Å²) in [5.74, 6) is 0.425. The number of likely N-dealkylation sites (tertiary alicyclic amines) is 1. The molecule has 0 spiro atoms. The number of nitrogens with one attached hydrogen (secondary N) is 1. The normalized spacial score (nSPS) is 32.9. The fourth-order valence-corrected chi connectivity index (χ4v) is 1.84. The Labute approximate surface area is 84.8 Å². The summed E-state index contributed by atoms with van der Waals surface area (Å²) in [5.41, 5.74) is 5.90. The molecule has 0 aromatic heterocycles. The summed E-state index contributed by atoms with van der Waals surface area (Å²) in [5, 5.41) is 3.01. The molecule has 4 nitrogen and oxygen atoms in total. The van der Waals surface area contributed by atoms with E-state index < -0.39 is 0 Å². The maximum Gasteiger partial charge on any atom is 0.317 e. The van der Waals surface area contributed by atoms with Crippen molar-refractivity contribution in [2.45, 2.75) is 38.3 Å². The number of nitrogens with two attached hydrogens (primary N) is 1. The number of rotatable bonds is 1. The van der Waals surface area contributed by atoms with Crippen molar-refractivity contribution in [2.24, 2.45) is 11.7 Å². The topological polar surface area (TPSA) is 58.4 Å². The quantitative estimate of drug-likeness (QED) is 0.644. The third-order valence-corrected chi connectivity index (χ3v) is 3.16. The maximum atomic E-state index is 11.7. The minimum atomic E-state index is 0.103. The number of carbonyl (C=O) groups excluding carboxylic acids is 1. The van der Waals surface area contributed by atoms with Gasteiger partial charge in [0.25, 0.3) is 0 Å². The van der Waals surface area contributed by atoms with Crippen molar-refractivity contribution in [3.63, 3.8) is 0 Å². The SMILES string of the molecule is CC1CN(C(=O)NC2CC2)CCC1N. The molecule has 0 aromatic carbocycles. The number of amides is 2. The van der Waals surface area contributed by atoms with E-state index in [-0.39, 0.29) is 12.1 Å². The number of carbonyl (C=O) groups is 1. The Bertz CT molecular complexity index is 227. The Kier molecular flexibility index (Phi) is 2.63. The lowest BCUT2D eigenvalue weighted by atomic mass is 9.95. The largest absolute Gasteiger partial charge is 0.335 e. The number of nitrogens with zero attached hydrogens (tertiary/aromatic N) is 1. The van der Waals surface area contributed by atoms with E-state index in [2.05, 4.69) is 12.2 Å². The van der Waals surface area contributed by atoms with Crippen LogP contribution in [0.25, 0.3) is 0 Å². The standard InChI is InChI=1S/C10H19N3O/c1-7-6-13(5-4-9(7)11)10(14)12-8-2-3-8/h7-9H,2-6,11H2,1H3,(H,12,14). The van der Waals surface area contributed by atoms with Crippen molar-refractivity contribution in [1.29, 1.82) is 0 Å². The Morgan fingerprint density at radius 1 is 1.43 bits per heavy atom. The monoisotopic (exact) mass is 197 g/mol. The van der Waals surface area contributed by atoms with E-state index in [0.717, 1.165) is 32.4 Å². The van der Waals surface area contributed by atoms with Crippen LogP contribution in [0.4, 0.5) is 4.79 Å². The number of hydrogen-bond donors (Lipinski definition) is 2. The first kappa shape index (κ1) is 9.77. The Morgan fingerprint density at radius 3 is 2.71 bits per heavy atom. The lowest BCUT2D eigenvalue weighted by Gasteiger charge is -2.35. The molecule has 0 radical (unpaired) electrons. The summed E-state index contributed by atoms with van der Waals surface area (Å²) in [6.45, 7) is 3.73. The molecule has 2 aliphatic rings. The number of piperidine rings is 1. The van der Waals surface area contributed by atoms with Crippen LogP contribution in [-0.2, 0) is 0 Å². The van der Waals surface area contributed by atoms with Gasteiger partial charge in [-0.3, -0.25) is 0 Å². The molecule has 1 aliphatic carbocycles. The van der Waals surface area contributed by atoms with E-state index in [0.29, 0.717) is 12.0 Å². The van der Waals surface area contributed by atoms with Crippen molar-refractivity contribution < 1.29 is 4.79 Å². The van der Waals surface area contributed by atoms with Gasteiger partial charge in [-0.2, -0.15) is 0 Å². The summed E-state index contributed by atoms with van der Waals surface area (Å²) in [6.07, 6.45) is 3.22. The van der Waals surface area contributed by atoms with Gasteiger partial charge in [-0.1, -0.05) is 6.92 Å². The number of hydrogen-bond acceptors (Lipinski definition) is 2. The second-order valence-corrected chi connectivity index (χ2v) is 4.60. The molecular weight excluding hydrogens is 178 g/mol. The molecule has 4 heteroatoms. The predicted molar refractivity (Wildman–Crippen MR) is 54.9 cm³/mol. The van der Waals surface area contributed by atoms with Gasteiger partial charge in [0.1, 0.15) is 0 Å². The molecule has 80 valence electrons. The molecule has 0 bridgehead atoms. The van der Waals surface area contributed by atoms with E-state index in [1.165, 1.54) is 0 Å². The molecule has 2 unspecified atom stereocenters. The van der Waals surface area contributed by atoms with Crippen molar-refractivity contribution in [3.05, 3.63) is 0 Å². The van der Waals surface area contributed by atoms with Crippen LogP contribution in [0.2, 0.25) is 0 Å². The molecule has 1 heterocycles. The highest BCUT2D eigenvalue weighted by atomic mass is 16.2. The van der Waals surface area contributed by atoms with Crippen molar-refractivity contribution >= 4 is 6.03 Å². The first-order valence-corrected chi connectivity index (χ1v) is 5.48. The van der Waals surface area contributed by atoms with Gasteiger partial charge in [0, 0.05) is 25.2 Å². The van der Waals surface area contributed by atoms with Gasteiger partial charge in [-0.25, -0.2) is 4.79 Å². The maximum absolute atomic E-state index is 11.7. The zero-order valence-corrected chi connectivity index (χ0v) is 8.70. The third kappa shape index (κ3) is 2.18. The fraction of sp³-hybridized carbons (Fsp3) is 0.900. The van der Waals surface area contributed by atoms with Crippen LogP contribution in [0.1, 0.15) is 26.2 Å². The summed E-state index contributed by atoms with van der Waals surface area (Å²) in [7, 11) is 0. The van der Waals surface area contributed by atoms with E-state index in [9.17, 15) is 4.79 Å². The summed E-state index contributed by atoms with van der Waals surface area (Å²) in [6, 6.07) is 0.819. The smallest absolute Gasteiger partial charge is 0.317 e. The summed E-state index contributed by atoms with van der Waals surface area (Å²) >= 11 is 0. The van der Waals surface area contributed by atoms with E-state index >= 15 is 0 Å². The second kappa shape index (κ2) is 3.77. The molecule has 2 amide bonds. The zero-order chi connectivity index (χ0) is 10.1. The summed E-state index contributed by atoms with van der Waals surface area (Å²) in [4.78, 5) is 13.6. The van der Waals surface area contributed by atoms with Gasteiger partial charge in [-0.15, -0.1) is 0 Å². The van der Waals surface area contributed by atoms with Crippen LogP contribution in [0.3, 0.4) is 0 Å². The fourth-order valence-electron chi connectivity index (χ4n) is 1.84. The third-order valence-electron chi connectivity index (χ3n) is 3.16.